The van der Waals surface area contributed by atoms with E-state index in [1.807, 2.05) is 0 Å². The second-order valence-electron chi connectivity index (χ2n) is 7.64. The zero-order valence-electron chi connectivity index (χ0n) is 15.4. The van der Waals surface area contributed by atoms with Crippen LogP contribution in [-0.4, -0.2) is 11.6 Å². The van der Waals surface area contributed by atoms with Crippen LogP contribution < -0.4 is 0 Å². The maximum Gasteiger partial charge on any atom is 0.186 e. The van der Waals surface area contributed by atoms with Crippen molar-refractivity contribution in [3.05, 3.63) is 33.9 Å². The van der Waals surface area contributed by atoms with Crippen molar-refractivity contribution in [1.29, 1.82) is 0 Å². The fourth-order valence-corrected chi connectivity index (χ4v) is 3.17. The van der Waals surface area contributed by atoms with E-state index in [0.717, 1.165) is 12.8 Å². The van der Waals surface area contributed by atoms with E-state index in [4.69, 9.17) is 0 Å². The van der Waals surface area contributed by atoms with E-state index in [1.165, 1.54) is 5.57 Å². The zero-order chi connectivity index (χ0) is 17.2. The molecule has 0 bridgehead atoms. The molecule has 0 saturated heterocycles. The number of hydrogen-bond donors (Lipinski definition) is 0. The minimum Gasteiger partial charge on any atom is -0.289 e. The van der Waals surface area contributed by atoms with Crippen LogP contribution in [0.3, 0.4) is 0 Å². The van der Waals surface area contributed by atoms with Gasteiger partial charge in [-0.25, -0.2) is 0 Å². The monoisotopic (exact) mass is 302 g/mol. The molecule has 0 fully saturated rings. The Kier molecular flexibility index (Phi) is 5.72. The maximum atomic E-state index is 12.7. The summed E-state index contributed by atoms with van der Waals surface area (Å²) in [4.78, 5) is 25.0. The van der Waals surface area contributed by atoms with Gasteiger partial charge < -0.3 is 0 Å². The van der Waals surface area contributed by atoms with Crippen LogP contribution in [0.5, 0.6) is 0 Å². The molecular formula is C20H30O2. The number of ketones is 2. The summed E-state index contributed by atoms with van der Waals surface area (Å²) in [6, 6.07) is 0. The van der Waals surface area contributed by atoms with Gasteiger partial charge in [-0.1, -0.05) is 39.3 Å². The highest BCUT2D eigenvalue weighted by Gasteiger charge is 2.36. The summed E-state index contributed by atoms with van der Waals surface area (Å²) in [6.45, 7) is 16.0. The van der Waals surface area contributed by atoms with E-state index in [1.54, 1.807) is 20.8 Å². The van der Waals surface area contributed by atoms with Crippen LogP contribution in [0.25, 0.3) is 0 Å². The van der Waals surface area contributed by atoms with Crippen molar-refractivity contribution in [3.8, 4) is 0 Å². The molecule has 0 aliphatic heterocycles. The largest absolute Gasteiger partial charge is 0.289 e. The quantitative estimate of drug-likeness (QED) is 0.516. The predicted octanol–water partition coefficient (Wildman–Crippen LogP) is 5.20. The molecule has 1 aliphatic rings. The number of carbonyl (C=O) groups excluding carboxylic acids is 2. The topological polar surface area (TPSA) is 34.1 Å². The highest BCUT2D eigenvalue weighted by atomic mass is 16.1. The number of rotatable bonds is 5. The average Bonchev–Trinajstić information content (AvgIpc) is 2.40. The van der Waals surface area contributed by atoms with Gasteiger partial charge in [-0.15, -0.1) is 0 Å². The van der Waals surface area contributed by atoms with Gasteiger partial charge in [0.1, 0.15) is 0 Å². The minimum atomic E-state index is -0.322. The Labute approximate surface area is 135 Å². The highest BCUT2D eigenvalue weighted by Crippen LogP contribution is 2.39. The Morgan fingerprint density at radius 3 is 2.00 bits per heavy atom. The number of hydrogen-bond acceptors (Lipinski definition) is 2. The molecular weight excluding hydrogens is 272 g/mol. The molecule has 22 heavy (non-hydrogen) atoms. The third kappa shape index (κ3) is 3.85. The summed E-state index contributed by atoms with van der Waals surface area (Å²) in [5, 5.41) is 0. The Bertz CT molecular complexity index is 581. The highest BCUT2D eigenvalue weighted by molar-refractivity contribution is 6.25. The first-order chi connectivity index (χ1) is 9.99. The van der Waals surface area contributed by atoms with Crippen molar-refractivity contribution >= 4 is 11.6 Å². The third-order valence-corrected chi connectivity index (χ3v) is 4.55. The van der Waals surface area contributed by atoms with Crippen LogP contribution in [0.4, 0.5) is 0 Å². The lowest BCUT2D eigenvalue weighted by Crippen LogP contribution is -2.29. The lowest BCUT2D eigenvalue weighted by Gasteiger charge is -2.31. The van der Waals surface area contributed by atoms with Crippen molar-refractivity contribution in [2.45, 2.75) is 68.2 Å². The number of Topliss-reactive ketones (excluding diaryl/α,β-unsaturated/α-hetero) is 2. The van der Waals surface area contributed by atoms with E-state index in [-0.39, 0.29) is 17.0 Å². The third-order valence-electron chi connectivity index (χ3n) is 4.55. The van der Waals surface area contributed by atoms with Gasteiger partial charge in [-0.2, -0.15) is 0 Å². The summed E-state index contributed by atoms with van der Waals surface area (Å²) in [7, 11) is 0. The average molecular weight is 302 g/mol. The summed E-state index contributed by atoms with van der Waals surface area (Å²) in [5.74, 6) is 0.684. The van der Waals surface area contributed by atoms with E-state index in [9.17, 15) is 9.59 Å². The van der Waals surface area contributed by atoms with Gasteiger partial charge in [-0.05, 0) is 51.9 Å². The standard InChI is InChI=1S/C20H30O2/c1-12(2)11-13(3)9-10-20(7,8)17-16(6)18(21)14(4)15(5)19(17)22/h9,12H,10-11H2,1-8H3/b13-9+. The fraction of sp³-hybridized carbons (Fsp3) is 0.600. The molecule has 2 heteroatoms. The van der Waals surface area contributed by atoms with Crippen LogP contribution in [0.1, 0.15) is 68.2 Å². The van der Waals surface area contributed by atoms with Gasteiger partial charge in [0.2, 0.25) is 0 Å². The van der Waals surface area contributed by atoms with E-state index in [0.29, 0.717) is 28.2 Å². The molecule has 1 rings (SSSR count). The summed E-state index contributed by atoms with van der Waals surface area (Å²) < 4.78 is 0. The molecule has 0 aromatic rings. The Hall–Kier alpha value is -1.44. The van der Waals surface area contributed by atoms with E-state index >= 15 is 0 Å². The molecule has 0 unspecified atom stereocenters. The molecule has 0 aromatic heterocycles. The van der Waals surface area contributed by atoms with Gasteiger partial charge in [0, 0.05) is 22.3 Å². The van der Waals surface area contributed by atoms with Gasteiger partial charge in [0.05, 0.1) is 0 Å². The second kappa shape index (κ2) is 6.76. The van der Waals surface area contributed by atoms with Gasteiger partial charge >= 0.3 is 0 Å². The predicted molar refractivity (Wildman–Crippen MR) is 92.7 cm³/mol. The Balaban J connectivity index is 3.12. The molecule has 0 spiro atoms. The van der Waals surface area contributed by atoms with Crippen molar-refractivity contribution in [3.63, 3.8) is 0 Å². The molecule has 122 valence electrons. The molecule has 0 aromatic carbocycles. The van der Waals surface area contributed by atoms with Crippen LogP contribution in [-0.2, 0) is 9.59 Å². The van der Waals surface area contributed by atoms with Crippen molar-refractivity contribution in [1.82, 2.24) is 0 Å². The zero-order valence-corrected chi connectivity index (χ0v) is 15.4. The van der Waals surface area contributed by atoms with Gasteiger partial charge in [0.25, 0.3) is 0 Å². The fourth-order valence-electron chi connectivity index (χ4n) is 3.17. The van der Waals surface area contributed by atoms with Crippen LogP contribution >= 0.6 is 0 Å². The molecule has 0 atom stereocenters. The number of carbonyl (C=O) groups is 2. The van der Waals surface area contributed by atoms with Crippen molar-refractivity contribution in [2.24, 2.45) is 11.3 Å². The first-order valence-electron chi connectivity index (χ1n) is 8.13. The first kappa shape index (κ1) is 18.6. The minimum absolute atomic E-state index is 0.0167. The van der Waals surface area contributed by atoms with E-state index in [2.05, 4.69) is 40.7 Å². The van der Waals surface area contributed by atoms with Crippen molar-refractivity contribution in [2.75, 3.05) is 0 Å². The molecule has 2 nitrogen and oxygen atoms in total. The van der Waals surface area contributed by atoms with E-state index < -0.39 is 0 Å². The second-order valence-corrected chi connectivity index (χ2v) is 7.64. The Morgan fingerprint density at radius 2 is 1.50 bits per heavy atom. The molecule has 0 N–H and O–H groups in total. The molecule has 0 heterocycles. The molecule has 0 radical (unpaired) electrons. The van der Waals surface area contributed by atoms with Crippen molar-refractivity contribution < 1.29 is 9.59 Å². The summed E-state index contributed by atoms with van der Waals surface area (Å²) in [6.07, 6.45) is 4.07. The van der Waals surface area contributed by atoms with Crippen LogP contribution in [0.15, 0.2) is 33.9 Å². The summed E-state index contributed by atoms with van der Waals surface area (Å²) in [5.41, 5.74) is 3.52. The van der Waals surface area contributed by atoms with Gasteiger partial charge in [-0.3, -0.25) is 9.59 Å². The Morgan fingerprint density at radius 1 is 1.00 bits per heavy atom. The molecule has 0 saturated carbocycles. The first-order valence-corrected chi connectivity index (χ1v) is 8.13. The SMILES string of the molecule is CC1=C(C)C(=O)C(C(C)(C)C/C=C(\C)CC(C)C)=C(C)C1=O. The normalized spacial score (nSPS) is 18.0. The summed E-state index contributed by atoms with van der Waals surface area (Å²) >= 11 is 0. The number of allylic oxidation sites excluding steroid dienone is 6. The molecule has 0 amide bonds. The maximum absolute atomic E-state index is 12.7. The van der Waals surface area contributed by atoms with Crippen LogP contribution in [0, 0.1) is 11.3 Å². The smallest absolute Gasteiger partial charge is 0.186 e. The van der Waals surface area contributed by atoms with Crippen LogP contribution in [0.2, 0.25) is 0 Å². The lowest BCUT2D eigenvalue weighted by molar-refractivity contribution is -0.117. The van der Waals surface area contributed by atoms with Gasteiger partial charge in [0.15, 0.2) is 11.6 Å². The lowest BCUT2D eigenvalue weighted by atomic mass is 9.71. The molecule has 1 aliphatic carbocycles.